The summed E-state index contributed by atoms with van der Waals surface area (Å²) < 4.78 is 18.7. The zero-order chi connectivity index (χ0) is 11.6. The van der Waals surface area contributed by atoms with Crippen LogP contribution in [0.1, 0.15) is 12.8 Å². The van der Waals surface area contributed by atoms with Crippen molar-refractivity contribution in [2.75, 3.05) is 32.9 Å². The molecule has 4 heteroatoms. The zero-order valence-electron chi connectivity index (χ0n) is 9.57. The number of fused-ring (bicyclic) bond motifs is 1. The number of aliphatic hydroxyl groups is 1. The molecule has 3 atom stereocenters. The monoisotopic (exact) mass is 229 g/mol. The number of hydrogen-bond donors (Lipinski definition) is 1. The van der Waals surface area contributed by atoms with Gasteiger partial charge in [0.15, 0.2) is 0 Å². The van der Waals surface area contributed by atoms with Gasteiger partial charge in [-0.2, -0.15) is 0 Å². The predicted octanol–water partition coefficient (Wildman–Crippen LogP) is 0.984. The average Bonchev–Trinajstić information content (AvgIpc) is 2.71. The van der Waals surface area contributed by atoms with Gasteiger partial charge >= 0.3 is 0 Å². The number of nitrogens with zero attached hydrogens (tertiary/aromatic N) is 1. The summed E-state index contributed by atoms with van der Waals surface area (Å²) in [6, 6.07) is 0. The molecule has 0 spiro atoms. The van der Waals surface area contributed by atoms with Crippen LogP contribution in [0.3, 0.4) is 0 Å². The van der Waals surface area contributed by atoms with E-state index in [0.717, 1.165) is 13.0 Å². The maximum absolute atomic E-state index is 13.3. The third kappa shape index (κ3) is 2.14. The van der Waals surface area contributed by atoms with E-state index in [1.54, 1.807) is 6.08 Å². The number of rotatable bonds is 5. The van der Waals surface area contributed by atoms with E-state index < -0.39 is 6.17 Å². The SMILES string of the molecule is C=CCOC[C@H]1CN2C[C@H](F)C[C@]2(CO)C1. The summed E-state index contributed by atoms with van der Waals surface area (Å²) in [5.41, 5.74) is -0.304. The summed E-state index contributed by atoms with van der Waals surface area (Å²) in [6.45, 7) is 6.22. The van der Waals surface area contributed by atoms with Gasteiger partial charge in [0.1, 0.15) is 6.17 Å². The van der Waals surface area contributed by atoms with Crippen molar-refractivity contribution < 1.29 is 14.2 Å². The summed E-state index contributed by atoms with van der Waals surface area (Å²) in [5.74, 6) is 0.416. The van der Waals surface area contributed by atoms with E-state index >= 15 is 0 Å². The molecule has 3 nitrogen and oxygen atoms in total. The number of hydrogen-bond acceptors (Lipinski definition) is 3. The molecule has 2 heterocycles. The fraction of sp³-hybridized carbons (Fsp3) is 0.833. The van der Waals surface area contributed by atoms with Gasteiger partial charge in [0.2, 0.25) is 0 Å². The van der Waals surface area contributed by atoms with Crippen LogP contribution < -0.4 is 0 Å². The minimum Gasteiger partial charge on any atom is -0.394 e. The number of aliphatic hydroxyl groups excluding tert-OH is 1. The number of ether oxygens (including phenoxy) is 1. The topological polar surface area (TPSA) is 32.7 Å². The molecule has 1 N–H and O–H groups in total. The lowest BCUT2D eigenvalue weighted by molar-refractivity contribution is 0.0982. The molecule has 2 rings (SSSR count). The fourth-order valence-corrected chi connectivity index (χ4v) is 3.09. The minimum atomic E-state index is -0.776. The predicted molar refractivity (Wildman–Crippen MR) is 60.0 cm³/mol. The van der Waals surface area contributed by atoms with Crippen LogP contribution in [0, 0.1) is 5.92 Å². The molecular weight excluding hydrogens is 209 g/mol. The molecule has 2 aliphatic rings. The van der Waals surface area contributed by atoms with Gasteiger partial charge in [0.25, 0.3) is 0 Å². The van der Waals surface area contributed by atoms with Crippen LogP contribution >= 0.6 is 0 Å². The Morgan fingerprint density at radius 3 is 2.94 bits per heavy atom. The highest BCUT2D eigenvalue weighted by Crippen LogP contribution is 2.42. The molecule has 0 unspecified atom stereocenters. The van der Waals surface area contributed by atoms with Crippen molar-refractivity contribution in [3.8, 4) is 0 Å². The van der Waals surface area contributed by atoms with Crippen molar-refractivity contribution in [2.45, 2.75) is 24.6 Å². The first-order valence-corrected chi connectivity index (χ1v) is 5.89. The van der Waals surface area contributed by atoms with Gasteiger partial charge in [-0.25, -0.2) is 4.39 Å². The van der Waals surface area contributed by atoms with Crippen LogP contribution in [-0.2, 0) is 4.74 Å². The van der Waals surface area contributed by atoms with E-state index in [0.29, 0.717) is 32.1 Å². The van der Waals surface area contributed by atoms with Crippen molar-refractivity contribution in [1.29, 1.82) is 0 Å². The molecule has 0 amide bonds. The Morgan fingerprint density at radius 2 is 2.31 bits per heavy atom. The number of halogens is 1. The molecule has 0 bridgehead atoms. The molecular formula is C12H20FNO2. The Kier molecular flexibility index (Phi) is 3.62. The second-order valence-electron chi connectivity index (χ2n) is 4.99. The van der Waals surface area contributed by atoms with Gasteiger partial charge in [-0.05, 0) is 12.3 Å². The summed E-state index contributed by atoms with van der Waals surface area (Å²) in [7, 11) is 0. The standard InChI is InChI=1S/C12H20FNO2/c1-2-3-16-8-10-4-12(9-15)5-11(13)7-14(12)6-10/h2,10-11,15H,1,3-9H2/t10-,11-,12+/m1/s1. The number of alkyl halides is 1. The second kappa shape index (κ2) is 4.82. The van der Waals surface area contributed by atoms with Gasteiger partial charge in [0, 0.05) is 25.0 Å². The molecule has 0 aromatic carbocycles. The molecule has 0 aromatic heterocycles. The summed E-state index contributed by atoms with van der Waals surface area (Å²) in [6.07, 6.45) is 2.28. The summed E-state index contributed by atoms with van der Waals surface area (Å²) in [4.78, 5) is 2.10. The van der Waals surface area contributed by atoms with Gasteiger partial charge in [-0.3, -0.25) is 4.90 Å². The molecule has 2 saturated heterocycles. The summed E-state index contributed by atoms with van der Waals surface area (Å²) in [5, 5.41) is 9.47. The lowest BCUT2D eigenvalue weighted by Crippen LogP contribution is -2.41. The smallest absolute Gasteiger partial charge is 0.115 e. The van der Waals surface area contributed by atoms with Crippen LogP contribution in [0.4, 0.5) is 4.39 Å². The Morgan fingerprint density at radius 1 is 1.50 bits per heavy atom. The van der Waals surface area contributed by atoms with Gasteiger partial charge in [-0.15, -0.1) is 6.58 Å². The highest BCUT2D eigenvalue weighted by Gasteiger charge is 2.51. The molecule has 92 valence electrons. The van der Waals surface area contributed by atoms with Crippen molar-refractivity contribution in [3.63, 3.8) is 0 Å². The maximum Gasteiger partial charge on any atom is 0.115 e. The van der Waals surface area contributed by atoms with Crippen molar-refractivity contribution >= 4 is 0 Å². The van der Waals surface area contributed by atoms with E-state index in [9.17, 15) is 9.50 Å². The van der Waals surface area contributed by atoms with Gasteiger partial charge < -0.3 is 9.84 Å². The zero-order valence-corrected chi connectivity index (χ0v) is 9.57. The normalized spacial score (nSPS) is 38.9. The first kappa shape index (κ1) is 12.0. The molecule has 0 radical (unpaired) electrons. The van der Waals surface area contributed by atoms with Crippen molar-refractivity contribution in [3.05, 3.63) is 12.7 Å². The van der Waals surface area contributed by atoms with Crippen LogP contribution in [0.2, 0.25) is 0 Å². The Labute approximate surface area is 95.9 Å². The lowest BCUT2D eigenvalue weighted by atomic mass is 9.91. The van der Waals surface area contributed by atoms with Gasteiger partial charge in [-0.1, -0.05) is 6.08 Å². The quantitative estimate of drug-likeness (QED) is 0.563. The molecule has 0 aromatic rings. The average molecular weight is 229 g/mol. The van der Waals surface area contributed by atoms with E-state index in [-0.39, 0.29) is 12.1 Å². The molecule has 0 aliphatic carbocycles. The molecule has 0 saturated carbocycles. The molecule has 16 heavy (non-hydrogen) atoms. The fourth-order valence-electron chi connectivity index (χ4n) is 3.09. The second-order valence-corrected chi connectivity index (χ2v) is 4.99. The Balaban J connectivity index is 1.88. The third-order valence-electron chi connectivity index (χ3n) is 3.72. The van der Waals surface area contributed by atoms with Crippen LogP contribution in [-0.4, -0.2) is 54.6 Å². The Hall–Kier alpha value is -0.450. The van der Waals surface area contributed by atoms with E-state index in [2.05, 4.69) is 11.5 Å². The van der Waals surface area contributed by atoms with Crippen molar-refractivity contribution in [1.82, 2.24) is 4.90 Å². The first-order chi connectivity index (χ1) is 7.70. The largest absolute Gasteiger partial charge is 0.394 e. The van der Waals surface area contributed by atoms with Crippen molar-refractivity contribution in [2.24, 2.45) is 5.92 Å². The lowest BCUT2D eigenvalue weighted by Gasteiger charge is -2.28. The van der Waals surface area contributed by atoms with E-state index in [1.165, 1.54) is 0 Å². The Bertz CT molecular complexity index is 261. The van der Waals surface area contributed by atoms with E-state index in [4.69, 9.17) is 4.74 Å². The van der Waals surface area contributed by atoms with Crippen LogP contribution in [0.15, 0.2) is 12.7 Å². The highest BCUT2D eigenvalue weighted by atomic mass is 19.1. The highest BCUT2D eigenvalue weighted by molar-refractivity contribution is 5.05. The maximum atomic E-state index is 13.3. The summed E-state index contributed by atoms with van der Waals surface area (Å²) >= 11 is 0. The third-order valence-corrected chi connectivity index (χ3v) is 3.72. The minimum absolute atomic E-state index is 0.0609. The van der Waals surface area contributed by atoms with Gasteiger partial charge in [0.05, 0.1) is 19.8 Å². The van der Waals surface area contributed by atoms with Crippen LogP contribution in [0.5, 0.6) is 0 Å². The first-order valence-electron chi connectivity index (χ1n) is 5.89. The molecule has 2 fully saturated rings. The molecule has 2 aliphatic heterocycles. The van der Waals surface area contributed by atoms with Crippen LogP contribution in [0.25, 0.3) is 0 Å². The van der Waals surface area contributed by atoms with E-state index in [1.807, 2.05) is 0 Å².